The number of benzene rings is 1. The Balaban J connectivity index is 1.82. The first-order valence-electron chi connectivity index (χ1n) is 6.42. The number of rotatable bonds is 2. The van der Waals surface area contributed by atoms with Crippen molar-refractivity contribution in [2.24, 2.45) is 0 Å². The van der Waals surface area contributed by atoms with Gasteiger partial charge in [-0.2, -0.15) is 0 Å². The molecule has 0 saturated carbocycles. The Bertz CT molecular complexity index is 561. The topological polar surface area (TPSA) is 33.1 Å². The Kier molecular flexibility index (Phi) is 3.18. The first-order valence-corrected chi connectivity index (χ1v) is 7.23. The van der Waals surface area contributed by atoms with Crippen molar-refractivity contribution in [3.8, 4) is 0 Å². The van der Waals surface area contributed by atoms with Gasteiger partial charge >= 0.3 is 0 Å². The quantitative estimate of drug-likeness (QED) is 0.899. The van der Waals surface area contributed by atoms with Gasteiger partial charge in [0.1, 0.15) is 0 Å². The summed E-state index contributed by atoms with van der Waals surface area (Å²) in [6.45, 7) is 2.12. The molecule has 18 heavy (non-hydrogen) atoms. The zero-order valence-corrected chi connectivity index (χ0v) is 11.3. The van der Waals surface area contributed by atoms with Gasteiger partial charge in [0.25, 0.3) is 0 Å². The maximum atomic E-state index is 9.67. The first-order chi connectivity index (χ1) is 8.70. The average Bonchev–Trinajstić information content (AvgIpc) is 2.70. The summed E-state index contributed by atoms with van der Waals surface area (Å²) in [6, 6.07) is 8.59. The third-order valence-corrected chi connectivity index (χ3v) is 4.52. The summed E-state index contributed by atoms with van der Waals surface area (Å²) in [5.74, 6) is 0. The number of aryl methyl sites for hydroxylation is 2. The van der Waals surface area contributed by atoms with Crippen LogP contribution >= 0.6 is 11.3 Å². The van der Waals surface area contributed by atoms with Gasteiger partial charge in [0.2, 0.25) is 0 Å². The predicted molar refractivity (Wildman–Crippen MR) is 74.1 cm³/mol. The molecule has 3 rings (SSSR count). The van der Waals surface area contributed by atoms with Gasteiger partial charge in [-0.15, -0.1) is 11.3 Å². The smallest absolute Gasteiger partial charge is 0.0974 e. The fraction of sp³-hybridized carbons (Fsp3) is 0.400. The van der Waals surface area contributed by atoms with E-state index in [-0.39, 0.29) is 6.10 Å². The van der Waals surface area contributed by atoms with Gasteiger partial charge in [0.05, 0.1) is 16.8 Å². The number of hydrogen-bond acceptors (Lipinski definition) is 3. The molecule has 1 aromatic carbocycles. The summed E-state index contributed by atoms with van der Waals surface area (Å²) in [5.41, 5.74) is 3.83. The van der Waals surface area contributed by atoms with Crippen molar-refractivity contribution in [1.29, 1.82) is 0 Å². The maximum absolute atomic E-state index is 9.67. The molecule has 1 aromatic heterocycles. The summed E-state index contributed by atoms with van der Waals surface area (Å²) in [5, 5.41) is 10.9. The molecule has 2 nitrogen and oxygen atoms in total. The fourth-order valence-electron chi connectivity index (χ4n) is 2.48. The van der Waals surface area contributed by atoms with Gasteiger partial charge < -0.3 is 5.11 Å². The van der Waals surface area contributed by atoms with E-state index < -0.39 is 0 Å². The molecule has 1 aliphatic carbocycles. The van der Waals surface area contributed by atoms with Crippen molar-refractivity contribution in [2.45, 2.75) is 38.7 Å². The lowest BCUT2D eigenvalue weighted by Gasteiger charge is -2.14. The summed E-state index contributed by atoms with van der Waals surface area (Å²) >= 11 is 1.77. The minimum atomic E-state index is -0.162. The number of fused-ring (bicyclic) bond motifs is 1. The fourth-order valence-corrected chi connectivity index (χ4v) is 3.70. The van der Waals surface area contributed by atoms with Crippen molar-refractivity contribution in [3.63, 3.8) is 0 Å². The van der Waals surface area contributed by atoms with E-state index >= 15 is 0 Å². The van der Waals surface area contributed by atoms with Crippen molar-refractivity contribution in [3.05, 3.63) is 51.0 Å². The van der Waals surface area contributed by atoms with Crippen LogP contribution in [0.5, 0.6) is 0 Å². The molecule has 2 aromatic rings. The molecular weight excluding hydrogens is 242 g/mol. The second-order valence-corrected chi connectivity index (χ2v) is 6.21. The van der Waals surface area contributed by atoms with Crippen LogP contribution in [0.25, 0.3) is 0 Å². The molecule has 0 radical (unpaired) electrons. The second-order valence-electron chi connectivity index (χ2n) is 5.04. The molecule has 0 spiro atoms. The molecule has 0 amide bonds. The van der Waals surface area contributed by atoms with Gasteiger partial charge in [-0.1, -0.05) is 29.8 Å². The zero-order valence-electron chi connectivity index (χ0n) is 10.5. The minimum absolute atomic E-state index is 0.162. The Morgan fingerprint density at radius 1 is 1.44 bits per heavy atom. The van der Waals surface area contributed by atoms with Crippen LogP contribution in [0.4, 0.5) is 0 Å². The zero-order chi connectivity index (χ0) is 12.5. The Hall–Kier alpha value is -1.19. The van der Waals surface area contributed by atoms with E-state index in [2.05, 4.69) is 31.2 Å². The van der Waals surface area contributed by atoms with E-state index in [0.29, 0.717) is 0 Å². The first kappa shape index (κ1) is 11.9. The Morgan fingerprint density at radius 3 is 3.17 bits per heavy atom. The number of aromatic nitrogens is 1. The molecule has 0 aliphatic heterocycles. The molecule has 94 valence electrons. The normalized spacial score (nSPS) is 18.7. The molecule has 1 unspecified atom stereocenters. The van der Waals surface area contributed by atoms with Gasteiger partial charge in [-0.3, -0.25) is 0 Å². The van der Waals surface area contributed by atoms with E-state index in [1.54, 1.807) is 11.3 Å². The van der Waals surface area contributed by atoms with E-state index in [1.165, 1.54) is 26.7 Å². The third kappa shape index (κ3) is 2.47. The maximum Gasteiger partial charge on any atom is 0.0974 e. The molecule has 3 heteroatoms. The van der Waals surface area contributed by atoms with Crippen LogP contribution in [-0.4, -0.2) is 16.2 Å². The van der Waals surface area contributed by atoms with Crippen LogP contribution < -0.4 is 0 Å². The molecule has 0 fully saturated rings. The van der Waals surface area contributed by atoms with Crippen molar-refractivity contribution < 1.29 is 5.11 Å². The second kappa shape index (κ2) is 4.82. The minimum Gasteiger partial charge on any atom is -0.393 e. The molecule has 1 heterocycles. The van der Waals surface area contributed by atoms with Crippen LogP contribution in [0, 0.1) is 6.92 Å². The Labute approximate surface area is 111 Å². The summed E-state index contributed by atoms with van der Waals surface area (Å²) in [4.78, 5) is 6.01. The third-order valence-electron chi connectivity index (χ3n) is 3.40. The van der Waals surface area contributed by atoms with Crippen molar-refractivity contribution >= 4 is 11.3 Å². The lowest BCUT2D eigenvalue weighted by atomic mass is 10.0. The van der Waals surface area contributed by atoms with E-state index in [0.717, 1.165) is 25.7 Å². The van der Waals surface area contributed by atoms with Gasteiger partial charge in [-0.25, -0.2) is 4.98 Å². The molecular formula is C15H17NOS. The highest BCUT2D eigenvalue weighted by atomic mass is 32.1. The van der Waals surface area contributed by atoms with Crippen LogP contribution in [0.2, 0.25) is 0 Å². The highest BCUT2D eigenvalue weighted by Gasteiger charge is 2.20. The largest absolute Gasteiger partial charge is 0.393 e. The number of thiazole rings is 1. The molecule has 0 bridgehead atoms. The lowest BCUT2D eigenvalue weighted by Crippen LogP contribution is -2.17. The average molecular weight is 259 g/mol. The molecule has 1 N–H and O–H groups in total. The van der Waals surface area contributed by atoms with Crippen molar-refractivity contribution in [1.82, 2.24) is 4.98 Å². The number of aliphatic hydroxyl groups is 1. The van der Waals surface area contributed by atoms with E-state index in [9.17, 15) is 5.11 Å². The van der Waals surface area contributed by atoms with Crippen LogP contribution in [0.3, 0.4) is 0 Å². The molecule has 1 aliphatic rings. The Morgan fingerprint density at radius 2 is 2.33 bits per heavy atom. The monoisotopic (exact) mass is 259 g/mol. The van der Waals surface area contributed by atoms with Crippen LogP contribution in [0.1, 0.15) is 33.1 Å². The predicted octanol–water partition coefficient (Wildman–Crippen LogP) is 2.89. The van der Waals surface area contributed by atoms with Gasteiger partial charge in [-0.05, 0) is 25.3 Å². The number of aliphatic hydroxyl groups excluding tert-OH is 1. The highest BCUT2D eigenvalue weighted by Crippen LogP contribution is 2.28. The number of hydrogen-bond donors (Lipinski definition) is 1. The molecule has 0 saturated heterocycles. The number of nitrogens with zero attached hydrogens (tertiary/aromatic N) is 1. The van der Waals surface area contributed by atoms with Gasteiger partial charge in [0, 0.05) is 17.7 Å². The highest BCUT2D eigenvalue weighted by molar-refractivity contribution is 7.11. The van der Waals surface area contributed by atoms with Crippen molar-refractivity contribution in [2.75, 3.05) is 0 Å². The van der Waals surface area contributed by atoms with Crippen LogP contribution in [-0.2, 0) is 19.3 Å². The lowest BCUT2D eigenvalue weighted by molar-refractivity contribution is 0.159. The SMILES string of the molecule is Cc1cccc(Cc2nc3c(s2)CC(O)CC3)c1. The summed E-state index contributed by atoms with van der Waals surface area (Å²) < 4.78 is 0. The van der Waals surface area contributed by atoms with E-state index in [4.69, 9.17) is 4.98 Å². The van der Waals surface area contributed by atoms with Crippen LogP contribution in [0.15, 0.2) is 24.3 Å². The summed E-state index contributed by atoms with van der Waals surface area (Å²) in [6.07, 6.45) is 3.34. The van der Waals surface area contributed by atoms with E-state index in [1.807, 2.05) is 0 Å². The molecule has 1 atom stereocenters. The summed E-state index contributed by atoms with van der Waals surface area (Å²) in [7, 11) is 0. The standard InChI is InChI=1S/C15H17NOS/c1-10-3-2-4-11(7-10)8-15-16-13-6-5-12(17)9-14(13)18-15/h2-4,7,12,17H,5-6,8-9H2,1H3. The van der Waals surface area contributed by atoms with Gasteiger partial charge in [0.15, 0.2) is 0 Å².